The number of aryl methyl sites for hydroxylation is 1. The molecular weight excluding hydrogens is 504 g/mol. The summed E-state index contributed by atoms with van der Waals surface area (Å²) in [4.78, 5) is 40.9. The number of primary amides is 1. The Kier molecular flexibility index (Phi) is 6.08. The van der Waals surface area contributed by atoms with E-state index in [4.69, 9.17) is 10.5 Å². The van der Waals surface area contributed by atoms with Gasteiger partial charge in [-0.3, -0.25) is 19.3 Å². The number of benzene rings is 2. The Morgan fingerprint density at radius 1 is 1.10 bits per heavy atom. The Hall–Kier alpha value is -4.15. The number of ketones is 2. The van der Waals surface area contributed by atoms with Crippen LogP contribution in [0.5, 0.6) is 11.5 Å². The van der Waals surface area contributed by atoms with Crippen LogP contribution < -0.4 is 10.5 Å². The molecule has 2 aromatic rings. The first-order valence-electron chi connectivity index (χ1n) is 12.5. The maximum absolute atomic E-state index is 13.9. The lowest BCUT2D eigenvalue weighted by molar-refractivity contribution is -0.148. The lowest BCUT2D eigenvalue weighted by Crippen LogP contribution is -2.63. The van der Waals surface area contributed by atoms with Crippen LogP contribution in [0.4, 0.5) is 0 Å². The summed E-state index contributed by atoms with van der Waals surface area (Å²) in [7, 11) is 4.72. The SMILES string of the molecule is COc1ccc(C)cc1-c1ccc(O)c2c1CC1CC3C(N(C)C)C(O)=C(C(N)=O)C(=O)C3(O)C(O)=C1C2=O. The van der Waals surface area contributed by atoms with E-state index in [0.29, 0.717) is 16.9 Å². The second-order valence-corrected chi connectivity index (χ2v) is 10.7. The molecule has 0 heterocycles. The number of aliphatic hydroxyl groups is 3. The number of aliphatic hydroxyl groups excluding tert-OH is 2. The number of rotatable bonds is 4. The quantitative estimate of drug-likeness (QED) is 0.369. The lowest BCUT2D eigenvalue weighted by Gasteiger charge is -2.50. The van der Waals surface area contributed by atoms with Gasteiger partial charge < -0.3 is 30.9 Å². The molecule has 0 aliphatic heterocycles. The van der Waals surface area contributed by atoms with Gasteiger partial charge in [-0.25, -0.2) is 0 Å². The predicted octanol–water partition coefficient (Wildman–Crippen LogP) is 2.10. The maximum Gasteiger partial charge on any atom is 0.255 e. The predicted molar refractivity (Wildman–Crippen MR) is 140 cm³/mol. The van der Waals surface area contributed by atoms with Crippen LogP contribution in [0, 0.1) is 18.8 Å². The largest absolute Gasteiger partial charge is 0.510 e. The van der Waals surface area contributed by atoms with Crippen molar-refractivity contribution in [2.75, 3.05) is 21.2 Å². The fourth-order valence-corrected chi connectivity index (χ4v) is 6.54. The van der Waals surface area contributed by atoms with Crippen LogP contribution in [0.2, 0.25) is 0 Å². The molecule has 0 fully saturated rings. The molecule has 0 radical (unpaired) electrons. The summed E-state index contributed by atoms with van der Waals surface area (Å²) >= 11 is 0. The third kappa shape index (κ3) is 3.59. The van der Waals surface area contributed by atoms with Crippen LogP contribution in [0.25, 0.3) is 11.1 Å². The molecule has 3 aliphatic carbocycles. The van der Waals surface area contributed by atoms with Crippen molar-refractivity contribution < 1.29 is 39.5 Å². The van der Waals surface area contributed by atoms with Gasteiger partial charge in [-0.05, 0) is 69.1 Å². The molecule has 204 valence electrons. The molecule has 4 atom stereocenters. The number of phenolic OH excluding ortho intramolecular Hbond substituents is 1. The summed E-state index contributed by atoms with van der Waals surface area (Å²) in [6.45, 7) is 1.92. The summed E-state index contributed by atoms with van der Waals surface area (Å²) in [5, 5.41) is 44.8. The molecule has 2 aromatic carbocycles. The number of carbonyl (C=O) groups excluding carboxylic acids is 3. The molecule has 4 unspecified atom stereocenters. The van der Waals surface area contributed by atoms with Crippen LogP contribution >= 0.6 is 0 Å². The van der Waals surface area contributed by atoms with E-state index in [9.17, 15) is 34.8 Å². The van der Waals surface area contributed by atoms with Crippen LogP contribution in [0.15, 0.2) is 53.0 Å². The Bertz CT molecular complexity index is 1520. The Labute approximate surface area is 224 Å². The van der Waals surface area contributed by atoms with Crippen molar-refractivity contribution in [3.63, 3.8) is 0 Å². The molecule has 1 amide bonds. The van der Waals surface area contributed by atoms with E-state index in [0.717, 1.165) is 11.1 Å². The highest BCUT2D eigenvalue weighted by atomic mass is 16.5. The van der Waals surface area contributed by atoms with Crippen LogP contribution in [-0.2, 0) is 16.0 Å². The van der Waals surface area contributed by atoms with Crippen molar-refractivity contribution >= 4 is 17.5 Å². The van der Waals surface area contributed by atoms with E-state index in [1.807, 2.05) is 25.1 Å². The van der Waals surface area contributed by atoms with Crippen molar-refractivity contribution in [2.24, 2.45) is 17.6 Å². The first-order chi connectivity index (χ1) is 18.3. The molecule has 5 rings (SSSR count). The van der Waals surface area contributed by atoms with E-state index < -0.39 is 58.0 Å². The number of nitrogens with two attached hydrogens (primary N) is 1. The first kappa shape index (κ1) is 26.5. The van der Waals surface area contributed by atoms with E-state index in [-0.39, 0.29) is 29.7 Å². The van der Waals surface area contributed by atoms with Crippen molar-refractivity contribution in [1.82, 2.24) is 4.90 Å². The third-order valence-corrected chi connectivity index (χ3v) is 8.25. The average molecular weight is 535 g/mol. The summed E-state index contributed by atoms with van der Waals surface area (Å²) in [6.07, 6.45) is 0.210. The Balaban J connectivity index is 1.74. The fourth-order valence-electron chi connectivity index (χ4n) is 6.54. The maximum atomic E-state index is 13.9. The molecular formula is C29H30N2O8. The van der Waals surface area contributed by atoms with Crippen molar-refractivity contribution in [1.29, 1.82) is 0 Å². The highest BCUT2D eigenvalue weighted by Crippen LogP contribution is 2.53. The minimum atomic E-state index is -2.67. The van der Waals surface area contributed by atoms with Gasteiger partial charge in [0.1, 0.15) is 28.6 Å². The molecule has 0 saturated heterocycles. The van der Waals surface area contributed by atoms with Crippen LogP contribution in [-0.4, -0.2) is 75.6 Å². The number of fused-ring (bicyclic) bond motifs is 3. The number of carbonyl (C=O) groups is 3. The van der Waals surface area contributed by atoms with Crippen LogP contribution in [0.1, 0.15) is 27.9 Å². The topological polar surface area (TPSA) is 171 Å². The number of likely N-dealkylation sites (N-methyl/N-ethyl adjacent to an activating group) is 1. The normalized spacial score (nSPS) is 26.4. The van der Waals surface area contributed by atoms with Crippen molar-refractivity contribution in [3.8, 4) is 22.6 Å². The number of aromatic hydroxyl groups is 1. The highest BCUT2D eigenvalue weighted by Gasteiger charge is 2.63. The fraction of sp³-hybridized carbons (Fsp3) is 0.345. The zero-order chi connectivity index (χ0) is 28.5. The van der Waals surface area contributed by atoms with Gasteiger partial charge in [0.2, 0.25) is 5.78 Å². The minimum absolute atomic E-state index is 0.0197. The highest BCUT2D eigenvalue weighted by molar-refractivity contribution is 6.24. The summed E-state index contributed by atoms with van der Waals surface area (Å²) in [5.74, 6) is -6.23. The number of phenols is 1. The third-order valence-electron chi connectivity index (χ3n) is 8.25. The van der Waals surface area contributed by atoms with E-state index >= 15 is 0 Å². The number of hydrogen-bond acceptors (Lipinski definition) is 9. The van der Waals surface area contributed by atoms with Gasteiger partial charge >= 0.3 is 0 Å². The van der Waals surface area contributed by atoms with Gasteiger partial charge in [-0.15, -0.1) is 0 Å². The Morgan fingerprint density at radius 2 is 1.79 bits per heavy atom. The standard InChI is InChI=1S/C29H30N2O8/c1-12-5-8-19(39-4)15(9-12)14-6-7-18(32)21-16(14)10-13-11-17-23(31(2)3)25(34)22(28(30)37)27(36)29(17,38)26(35)20(13)24(21)33/h5-9,13,17,23,32,34-35,38H,10-11H2,1-4H3,(H2,30,37). The number of methoxy groups -OCH3 is 1. The van der Waals surface area contributed by atoms with Crippen molar-refractivity contribution in [2.45, 2.75) is 31.4 Å². The van der Waals surface area contributed by atoms with Gasteiger partial charge in [-0.2, -0.15) is 0 Å². The molecule has 6 N–H and O–H groups in total. The molecule has 0 spiro atoms. The average Bonchev–Trinajstić information content (AvgIpc) is 2.86. The smallest absolute Gasteiger partial charge is 0.255 e. The summed E-state index contributed by atoms with van der Waals surface area (Å²) in [6, 6.07) is 7.65. The van der Waals surface area contributed by atoms with Gasteiger partial charge in [0.05, 0.1) is 18.7 Å². The Morgan fingerprint density at radius 3 is 2.41 bits per heavy atom. The molecule has 0 bridgehead atoms. The van der Waals surface area contributed by atoms with Crippen LogP contribution in [0.3, 0.4) is 0 Å². The number of Topliss-reactive ketones (excluding diaryl/α,β-unsaturated/α-hetero) is 2. The van der Waals surface area contributed by atoms with Crippen molar-refractivity contribution in [3.05, 3.63) is 69.7 Å². The first-order valence-corrected chi connectivity index (χ1v) is 12.5. The number of allylic oxidation sites excluding steroid dienone is 1. The lowest BCUT2D eigenvalue weighted by atomic mass is 9.58. The van der Waals surface area contributed by atoms with Gasteiger partial charge in [0.25, 0.3) is 5.91 Å². The second-order valence-electron chi connectivity index (χ2n) is 10.7. The monoisotopic (exact) mass is 534 g/mol. The minimum Gasteiger partial charge on any atom is -0.510 e. The van der Waals surface area contributed by atoms with E-state index in [1.54, 1.807) is 20.2 Å². The molecule has 10 heteroatoms. The molecule has 3 aliphatic rings. The van der Waals surface area contributed by atoms with E-state index in [1.165, 1.54) is 18.1 Å². The summed E-state index contributed by atoms with van der Waals surface area (Å²) < 4.78 is 5.56. The molecule has 10 nitrogen and oxygen atoms in total. The number of ether oxygens (including phenoxy) is 1. The zero-order valence-electron chi connectivity index (χ0n) is 22.0. The number of hydrogen-bond donors (Lipinski definition) is 5. The number of nitrogens with zero attached hydrogens (tertiary/aromatic N) is 1. The molecule has 0 saturated carbocycles. The van der Waals surface area contributed by atoms with Gasteiger partial charge in [0.15, 0.2) is 11.4 Å². The molecule has 0 aromatic heterocycles. The zero-order valence-corrected chi connectivity index (χ0v) is 22.0. The number of amides is 1. The molecule has 39 heavy (non-hydrogen) atoms. The second kappa shape index (κ2) is 8.96. The van der Waals surface area contributed by atoms with E-state index in [2.05, 4.69) is 0 Å². The summed E-state index contributed by atoms with van der Waals surface area (Å²) in [5.41, 5.74) is 4.51. The van der Waals surface area contributed by atoms with Gasteiger partial charge in [-0.1, -0.05) is 17.7 Å². The van der Waals surface area contributed by atoms with Gasteiger partial charge in [0, 0.05) is 17.1 Å².